The highest BCUT2D eigenvalue weighted by Gasteiger charge is 2.26. The van der Waals surface area contributed by atoms with Crippen LogP contribution in [0.5, 0.6) is 0 Å². The smallest absolute Gasteiger partial charge is 0.409 e. The Morgan fingerprint density at radius 2 is 2.47 bits per heavy atom. The number of hydrogen-bond acceptors (Lipinski definition) is 5. The highest BCUT2D eigenvalue weighted by Crippen LogP contribution is 2.19. The summed E-state index contributed by atoms with van der Waals surface area (Å²) < 4.78 is 4.67. The van der Waals surface area contributed by atoms with E-state index >= 15 is 0 Å². The summed E-state index contributed by atoms with van der Waals surface area (Å²) in [4.78, 5) is 17.1. The SMILES string of the molecule is COC(=O)N1CC[C@H](Nc2ccc(Cl)c(C#N)n2)C1. The highest BCUT2D eigenvalue weighted by molar-refractivity contribution is 6.31. The second kappa shape index (κ2) is 5.76. The predicted molar refractivity (Wildman–Crippen MR) is 70.0 cm³/mol. The van der Waals surface area contributed by atoms with Crippen molar-refractivity contribution in [3.05, 3.63) is 22.8 Å². The summed E-state index contributed by atoms with van der Waals surface area (Å²) >= 11 is 5.81. The molecule has 7 heteroatoms. The standard InChI is InChI=1S/C12H13ClN4O2/c1-19-12(18)17-5-4-8(7-17)15-11-3-2-9(13)10(6-14)16-11/h2-3,8H,4-5,7H2,1H3,(H,15,16)/t8-/m0/s1. The number of nitriles is 1. The van der Waals surface area contributed by atoms with Gasteiger partial charge < -0.3 is 15.0 Å². The maximum atomic E-state index is 11.4. The fourth-order valence-electron chi connectivity index (χ4n) is 1.98. The molecule has 0 bridgehead atoms. The summed E-state index contributed by atoms with van der Waals surface area (Å²) in [6, 6.07) is 5.37. The number of hydrogen-bond donors (Lipinski definition) is 1. The molecule has 6 nitrogen and oxygen atoms in total. The van der Waals surface area contributed by atoms with Crippen molar-refractivity contribution in [2.75, 3.05) is 25.5 Å². The monoisotopic (exact) mass is 280 g/mol. The Bertz CT molecular complexity index is 529. The van der Waals surface area contributed by atoms with Gasteiger partial charge in [0.1, 0.15) is 11.9 Å². The minimum Gasteiger partial charge on any atom is -0.453 e. The van der Waals surface area contributed by atoms with E-state index in [2.05, 4.69) is 15.0 Å². The van der Waals surface area contributed by atoms with Crippen LogP contribution in [0, 0.1) is 11.3 Å². The van der Waals surface area contributed by atoms with Crippen LogP contribution in [0.1, 0.15) is 12.1 Å². The van der Waals surface area contributed by atoms with Gasteiger partial charge in [0.15, 0.2) is 5.69 Å². The Morgan fingerprint density at radius 3 is 3.16 bits per heavy atom. The Hall–Kier alpha value is -2.00. The van der Waals surface area contributed by atoms with Crippen molar-refractivity contribution in [2.45, 2.75) is 12.5 Å². The van der Waals surface area contributed by atoms with Gasteiger partial charge in [-0.2, -0.15) is 5.26 Å². The largest absolute Gasteiger partial charge is 0.453 e. The summed E-state index contributed by atoms with van der Waals surface area (Å²) in [6.45, 7) is 1.20. The lowest BCUT2D eigenvalue weighted by molar-refractivity contribution is 0.133. The first-order valence-electron chi connectivity index (χ1n) is 5.80. The summed E-state index contributed by atoms with van der Waals surface area (Å²) in [5, 5.41) is 12.4. The van der Waals surface area contributed by atoms with Crippen LogP contribution in [0.2, 0.25) is 5.02 Å². The number of ether oxygens (including phenoxy) is 1. The topological polar surface area (TPSA) is 78.2 Å². The van der Waals surface area contributed by atoms with Crippen LogP contribution < -0.4 is 5.32 Å². The molecule has 2 rings (SSSR count). The summed E-state index contributed by atoms with van der Waals surface area (Å²) in [5.74, 6) is 0.581. The van der Waals surface area contributed by atoms with E-state index in [0.29, 0.717) is 23.9 Å². The number of carbonyl (C=O) groups excluding carboxylic acids is 1. The average Bonchev–Trinajstić information content (AvgIpc) is 2.88. The first-order valence-corrected chi connectivity index (χ1v) is 6.18. The number of pyridine rings is 1. The number of amides is 1. The van der Waals surface area contributed by atoms with Crippen LogP contribution >= 0.6 is 11.6 Å². The molecule has 0 aromatic carbocycles. The molecule has 1 amide bonds. The normalized spacial score (nSPS) is 17.9. The van der Waals surface area contributed by atoms with E-state index < -0.39 is 0 Å². The maximum absolute atomic E-state index is 11.4. The molecule has 1 aliphatic heterocycles. The molecule has 1 aromatic rings. The third kappa shape index (κ3) is 3.06. The second-order valence-corrected chi connectivity index (χ2v) is 4.59. The number of rotatable bonds is 2. The number of anilines is 1. The number of aromatic nitrogens is 1. The molecule has 0 unspecified atom stereocenters. The minimum absolute atomic E-state index is 0.0966. The maximum Gasteiger partial charge on any atom is 0.409 e. The van der Waals surface area contributed by atoms with E-state index in [1.165, 1.54) is 7.11 Å². The van der Waals surface area contributed by atoms with Crippen molar-refractivity contribution < 1.29 is 9.53 Å². The van der Waals surface area contributed by atoms with Crippen molar-refractivity contribution in [2.24, 2.45) is 0 Å². The third-order valence-corrected chi connectivity index (χ3v) is 3.23. The van der Waals surface area contributed by atoms with Gasteiger partial charge in [0.25, 0.3) is 0 Å². The molecule has 19 heavy (non-hydrogen) atoms. The van der Waals surface area contributed by atoms with E-state index in [1.54, 1.807) is 17.0 Å². The summed E-state index contributed by atoms with van der Waals surface area (Å²) in [7, 11) is 1.36. The Balaban J connectivity index is 2.00. The molecule has 0 saturated carbocycles. The number of nitrogens with one attached hydrogen (secondary N) is 1. The van der Waals surface area contributed by atoms with Crippen molar-refractivity contribution in [1.82, 2.24) is 9.88 Å². The number of methoxy groups -OCH3 is 1. The van der Waals surface area contributed by atoms with Gasteiger partial charge in [-0.25, -0.2) is 9.78 Å². The lowest BCUT2D eigenvalue weighted by atomic mass is 10.2. The van der Waals surface area contributed by atoms with Crippen LogP contribution in [-0.2, 0) is 4.74 Å². The molecule has 1 N–H and O–H groups in total. The first-order chi connectivity index (χ1) is 9.13. The first kappa shape index (κ1) is 13.4. The van der Waals surface area contributed by atoms with Crippen molar-refractivity contribution in [1.29, 1.82) is 5.26 Å². The average molecular weight is 281 g/mol. The molecular formula is C12H13ClN4O2. The fraction of sp³-hybridized carbons (Fsp3) is 0.417. The van der Waals surface area contributed by atoms with Crippen molar-refractivity contribution >= 4 is 23.5 Å². The number of halogens is 1. The molecule has 0 radical (unpaired) electrons. The van der Waals surface area contributed by atoms with Gasteiger partial charge in [-0.3, -0.25) is 0 Å². The predicted octanol–water partition coefficient (Wildman–Crippen LogP) is 1.86. The molecule has 100 valence electrons. The zero-order chi connectivity index (χ0) is 13.8. The van der Waals surface area contributed by atoms with Crippen LogP contribution in [-0.4, -0.2) is 42.2 Å². The fourth-order valence-corrected chi connectivity index (χ4v) is 2.13. The number of nitrogens with zero attached hydrogens (tertiary/aromatic N) is 3. The molecular weight excluding hydrogens is 268 g/mol. The molecule has 1 aliphatic rings. The summed E-state index contributed by atoms with van der Waals surface area (Å²) in [6.07, 6.45) is 0.479. The lowest BCUT2D eigenvalue weighted by Crippen LogP contribution is -2.31. The van der Waals surface area contributed by atoms with Crippen LogP contribution in [0.3, 0.4) is 0 Å². The zero-order valence-corrected chi connectivity index (χ0v) is 11.1. The van der Waals surface area contributed by atoms with E-state index in [4.69, 9.17) is 16.9 Å². The number of carbonyl (C=O) groups is 1. The second-order valence-electron chi connectivity index (χ2n) is 4.18. The quantitative estimate of drug-likeness (QED) is 0.894. The zero-order valence-electron chi connectivity index (χ0n) is 10.4. The van der Waals surface area contributed by atoms with Crippen LogP contribution in [0.25, 0.3) is 0 Å². The molecule has 0 aliphatic carbocycles. The third-order valence-electron chi connectivity index (χ3n) is 2.92. The Kier molecular flexibility index (Phi) is 4.07. The van der Waals surface area contributed by atoms with Gasteiger partial charge in [-0.15, -0.1) is 0 Å². The van der Waals surface area contributed by atoms with Gasteiger partial charge in [-0.05, 0) is 18.6 Å². The van der Waals surface area contributed by atoms with Gasteiger partial charge in [0.05, 0.1) is 12.1 Å². The molecule has 2 heterocycles. The van der Waals surface area contributed by atoms with Gasteiger partial charge in [0.2, 0.25) is 0 Å². The van der Waals surface area contributed by atoms with E-state index in [-0.39, 0.29) is 17.8 Å². The van der Waals surface area contributed by atoms with E-state index in [9.17, 15) is 4.79 Å². The van der Waals surface area contributed by atoms with E-state index in [1.807, 2.05) is 6.07 Å². The lowest BCUT2D eigenvalue weighted by Gasteiger charge is -2.16. The van der Waals surface area contributed by atoms with Crippen LogP contribution in [0.4, 0.5) is 10.6 Å². The molecule has 1 atom stereocenters. The Labute approximate surface area is 115 Å². The van der Waals surface area contributed by atoms with Crippen LogP contribution in [0.15, 0.2) is 12.1 Å². The molecule has 1 saturated heterocycles. The van der Waals surface area contributed by atoms with E-state index in [0.717, 1.165) is 6.42 Å². The highest BCUT2D eigenvalue weighted by atomic mass is 35.5. The van der Waals surface area contributed by atoms with Crippen molar-refractivity contribution in [3.8, 4) is 6.07 Å². The van der Waals surface area contributed by atoms with Gasteiger partial charge in [0, 0.05) is 19.1 Å². The van der Waals surface area contributed by atoms with Crippen molar-refractivity contribution in [3.63, 3.8) is 0 Å². The van der Waals surface area contributed by atoms with Gasteiger partial charge >= 0.3 is 6.09 Å². The summed E-state index contributed by atoms with van der Waals surface area (Å²) in [5.41, 5.74) is 0.189. The molecule has 1 aromatic heterocycles. The number of likely N-dealkylation sites (tertiary alicyclic amines) is 1. The molecule has 1 fully saturated rings. The minimum atomic E-state index is -0.328. The molecule has 0 spiro atoms. The van der Waals surface area contributed by atoms with Gasteiger partial charge in [-0.1, -0.05) is 11.6 Å². The Morgan fingerprint density at radius 1 is 1.68 bits per heavy atom.